The summed E-state index contributed by atoms with van der Waals surface area (Å²) in [6, 6.07) is 8.42. The van der Waals surface area contributed by atoms with E-state index in [1.54, 1.807) is 19.1 Å². The third-order valence-corrected chi connectivity index (χ3v) is 5.72. The Morgan fingerprint density at radius 3 is 2.50 bits per heavy atom. The number of carbonyl (C=O) groups is 1. The van der Waals surface area contributed by atoms with E-state index in [9.17, 15) is 18.5 Å². The summed E-state index contributed by atoms with van der Waals surface area (Å²) >= 11 is 0. The highest BCUT2D eigenvalue weighted by atomic mass is 32.2. The van der Waals surface area contributed by atoms with E-state index in [-0.39, 0.29) is 10.5 Å². The monoisotopic (exact) mass is 399 g/mol. The van der Waals surface area contributed by atoms with Crippen molar-refractivity contribution in [3.63, 3.8) is 0 Å². The zero-order valence-corrected chi connectivity index (χ0v) is 17.6. The number of rotatable bonds is 6. The summed E-state index contributed by atoms with van der Waals surface area (Å²) in [4.78, 5) is 12.7. The first-order valence-electron chi connectivity index (χ1n) is 8.99. The van der Waals surface area contributed by atoms with E-state index < -0.39 is 15.7 Å². The summed E-state index contributed by atoms with van der Waals surface area (Å²) < 4.78 is 25.7. The smallest absolute Gasteiger partial charge is 0.266 e. The van der Waals surface area contributed by atoms with Crippen LogP contribution in [0.25, 0.3) is 6.08 Å². The van der Waals surface area contributed by atoms with Crippen molar-refractivity contribution in [2.75, 3.05) is 11.6 Å². The van der Waals surface area contributed by atoms with Gasteiger partial charge in [-0.05, 0) is 62.6 Å². The van der Waals surface area contributed by atoms with Crippen LogP contribution in [0.15, 0.2) is 34.7 Å². The van der Waals surface area contributed by atoms with Crippen LogP contribution in [0.1, 0.15) is 35.9 Å². The number of aromatic nitrogens is 1. The number of hydrogen-bond acceptors (Lipinski definition) is 4. The van der Waals surface area contributed by atoms with Crippen LogP contribution in [0.4, 0.5) is 5.69 Å². The van der Waals surface area contributed by atoms with Gasteiger partial charge in [0.25, 0.3) is 5.91 Å². The fraction of sp³-hybridized carbons (Fsp3) is 0.333. The number of aryl methyl sites for hydroxylation is 2. The molecule has 2 rings (SSSR count). The highest BCUT2D eigenvalue weighted by Crippen LogP contribution is 2.22. The Balaban J connectivity index is 2.37. The second-order valence-corrected chi connectivity index (χ2v) is 8.87. The SMILES string of the molecule is CCCn1c(C)cc(/C=C(\C#N)C(=O)Nc2cc(S(C)(=O)=O)ccc2C)c1C. The van der Waals surface area contributed by atoms with Crippen molar-refractivity contribution in [2.45, 2.75) is 45.6 Å². The Hall–Kier alpha value is -2.85. The summed E-state index contributed by atoms with van der Waals surface area (Å²) in [5.74, 6) is -0.573. The molecule has 1 amide bonds. The number of carbonyl (C=O) groups excluding carboxylic acids is 1. The van der Waals surface area contributed by atoms with Gasteiger partial charge in [-0.1, -0.05) is 13.0 Å². The van der Waals surface area contributed by atoms with E-state index in [2.05, 4.69) is 16.8 Å². The van der Waals surface area contributed by atoms with Crippen molar-refractivity contribution in [2.24, 2.45) is 0 Å². The Bertz CT molecular complexity index is 1090. The van der Waals surface area contributed by atoms with Crippen LogP contribution < -0.4 is 5.32 Å². The second-order valence-electron chi connectivity index (χ2n) is 6.85. The predicted octanol–water partition coefficient (Wildman–Crippen LogP) is 3.77. The molecule has 0 radical (unpaired) electrons. The van der Waals surface area contributed by atoms with Gasteiger partial charge in [0.05, 0.1) is 4.90 Å². The lowest BCUT2D eigenvalue weighted by Crippen LogP contribution is -2.15. The fourth-order valence-electron chi connectivity index (χ4n) is 3.00. The number of anilines is 1. The van der Waals surface area contributed by atoms with E-state index in [0.29, 0.717) is 11.3 Å². The van der Waals surface area contributed by atoms with Gasteiger partial charge in [-0.2, -0.15) is 5.26 Å². The number of amides is 1. The van der Waals surface area contributed by atoms with Crippen molar-refractivity contribution in [3.8, 4) is 6.07 Å². The van der Waals surface area contributed by atoms with Gasteiger partial charge in [-0.15, -0.1) is 0 Å². The summed E-state index contributed by atoms with van der Waals surface area (Å²) in [5.41, 5.74) is 3.92. The molecule has 6 nitrogen and oxygen atoms in total. The average Bonchev–Trinajstić information content (AvgIpc) is 2.88. The molecule has 28 heavy (non-hydrogen) atoms. The largest absolute Gasteiger partial charge is 0.349 e. The normalized spacial score (nSPS) is 11.9. The molecule has 0 fully saturated rings. The topological polar surface area (TPSA) is 92.0 Å². The third kappa shape index (κ3) is 4.70. The molecule has 0 bridgehead atoms. The quantitative estimate of drug-likeness (QED) is 0.591. The van der Waals surface area contributed by atoms with Crippen LogP contribution in [-0.2, 0) is 21.2 Å². The number of nitrogens with one attached hydrogen (secondary N) is 1. The lowest BCUT2D eigenvalue weighted by molar-refractivity contribution is -0.112. The summed E-state index contributed by atoms with van der Waals surface area (Å²) in [5, 5.41) is 12.1. The Kier molecular flexibility index (Phi) is 6.47. The van der Waals surface area contributed by atoms with Gasteiger partial charge in [0.2, 0.25) is 0 Å². The van der Waals surface area contributed by atoms with Gasteiger partial charge in [-0.25, -0.2) is 8.42 Å². The lowest BCUT2D eigenvalue weighted by atomic mass is 10.1. The van der Waals surface area contributed by atoms with Crippen molar-refractivity contribution in [1.29, 1.82) is 5.26 Å². The van der Waals surface area contributed by atoms with E-state index in [4.69, 9.17) is 0 Å². The zero-order valence-electron chi connectivity index (χ0n) is 16.8. The van der Waals surface area contributed by atoms with Gasteiger partial charge in [-0.3, -0.25) is 4.79 Å². The van der Waals surface area contributed by atoms with Crippen LogP contribution in [0, 0.1) is 32.1 Å². The molecule has 1 aromatic carbocycles. The first-order valence-corrected chi connectivity index (χ1v) is 10.9. The van der Waals surface area contributed by atoms with Crippen molar-refractivity contribution < 1.29 is 13.2 Å². The van der Waals surface area contributed by atoms with Crippen LogP contribution in [-0.4, -0.2) is 25.1 Å². The molecule has 0 saturated carbocycles. The molecule has 1 heterocycles. The molecular weight excluding hydrogens is 374 g/mol. The first kappa shape index (κ1) is 21.5. The number of nitriles is 1. The Morgan fingerprint density at radius 1 is 1.25 bits per heavy atom. The standard InChI is InChI=1S/C21H25N3O3S/c1-6-9-24-15(3)10-17(16(24)4)11-18(13-22)21(25)23-20-12-19(28(5,26)27)8-7-14(20)2/h7-8,10-12H,6,9H2,1-5H3,(H,23,25)/b18-11+. The Labute approximate surface area is 166 Å². The van der Waals surface area contributed by atoms with Crippen LogP contribution in [0.5, 0.6) is 0 Å². The Morgan fingerprint density at radius 2 is 1.93 bits per heavy atom. The molecule has 1 aromatic heterocycles. The molecule has 0 saturated heterocycles. The van der Waals surface area contributed by atoms with Gasteiger partial charge in [0, 0.05) is 29.9 Å². The number of nitrogens with zero attached hydrogens (tertiary/aromatic N) is 2. The minimum Gasteiger partial charge on any atom is -0.349 e. The first-order chi connectivity index (χ1) is 13.1. The summed E-state index contributed by atoms with van der Waals surface area (Å²) in [6.45, 7) is 8.68. The van der Waals surface area contributed by atoms with E-state index >= 15 is 0 Å². The van der Waals surface area contributed by atoms with Crippen LogP contribution in [0.3, 0.4) is 0 Å². The van der Waals surface area contributed by atoms with Gasteiger partial charge < -0.3 is 9.88 Å². The summed E-state index contributed by atoms with van der Waals surface area (Å²) in [7, 11) is -3.40. The molecule has 7 heteroatoms. The fourth-order valence-corrected chi connectivity index (χ4v) is 3.65. The van der Waals surface area contributed by atoms with Crippen molar-refractivity contribution in [1.82, 2.24) is 4.57 Å². The van der Waals surface area contributed by atoms with Crippen LogP contribution in [0.2, 0.25) is 0 Å². The molecule has 1 N–H and O–H groups in total. The van der Waals surface area contributed by atoms with Crippen molar-refractivity contribution >= 4 is 27.5 Å². The maximum atomic E-state index is 12.6. The molecule has 0 spiro atoms. The molecule has 0 unspecified atom stereocenters. The lowest BCUT2D eigenvalue weighted by Gasteiger charge is -2.10. The molecule has 148 valence electrons. The van der Waals surface area contributed by atoms with Gasteiger partial charge in [0.15, 0.2) is 9.84 Å². The van der Waals surface area contributed by atoms with Gasteiger partial charge in [0.1, 0.15) is 11.6 Å². The average molecular weight is 400 g/mol. The van der Waals surface area contributed by atoms with Gasteiger partial charge >= 0.3 is 0 Å². The van der Waals surface area contributed by atoms with Crippen molar-refractivity contribution in [3.05, 3.63) is 52.4 Å². The molecule has 0 aliphatic rings. The van der Waals surface area contributed by atoms with E-state index in [0.717, 1.165) is 36.2 Å². The molecule has 0 atom stereocenters. The predicted molar refractivity (Wildman–Crippen MR) is 111 cm³/mol. The molecule has 2 aromatic rings. The molecule has 0 aliphatic heterocycles. The molecular formula is C21H25N3O3S. The highest BCUT2D eigenvalue weighted by Gasteiger charge is 2.15. The highest BCUT2D eigenvalue weighted by molar-refractivity contribution is 7.90. The number of hydrogen-bond donors (Lipinski definition) is 1. The third-order valence-electron chi connectivity index (χ3n) is 4.61. The van der Waals surface area contributed by atoms with E-state index in [1.807, 2.05) is 26.0 Å². The summed E-state index contributed by atoms with van der Waals surface area (Å²) in [6.07, 6.45) is 3.66. The minimum absolute atomic E-state index is 0.0408. The maximum Gasteiger partial charge on any atom is 0.266 e. The maximum absolute atomic E-state index is 12.6. The number of sulfone groups is 1. The second kappa shape index (κ2) is 8.44. The van der Waals surface area contributed by atoms with E-state index in [1.165, 1.54) is 12.1 Å². The molecule has 0 aliphatic carbocycles. The number of benzene rings is 1. The minimum atomic E-state index is -3.40. The van der Waals surface area contributed by atoms with Crippen LogP contribution >= 0.6 is 0 Å². The zero-order chi connectivity index (χ0) is 21.1.